The molecule has 0 radical (unpaired) electrons. The van der Waals surface area contributed by atoms with Gasteiger partial charge in [-0.15, -0.1) is 0 Å². The normalized spacial score (nSPS) is 10.3. The van der Waals surface area contributed by atoms with E-state index in [9.17, 15) is 0 Å². The van der Waals surface area contributed by atoms with Crippen LogP contribution in [0.1, 0.15) is 12.5 Å². The van der Waals surface area contributed by atoms with Crippen LogP contribution in [0.5, 0.6) is 5.75 Å². The molecule has 1 N–H and O–H groups in total. The molecule has 0 aromatic heterocycles. The van der Waals surface area contributed by atoms with Gasteiger partial charge in [-0.05, 0) is 36.8 Å². The molecule has 0 aliphatic carbocycles. The van der Waals surface area contributed by atoms with Crippen molar-refractivity contribution < 1.29 is 4.74 Å². The Morgan fingerprint density at radius 2 is 1.90 bits per heavy atom. The van der Waals surface area contributed by atoms with Crippen molar-refractivity contribution in [1.29, 1.82) is 0 Å². The zero-order valence-corrected chi connectivity index (χ0v) is 13.4. The molecule has 0 unspecified atom stereocenters. The van der Waals surface area contributed by atoms with Gasteiger partial charge in [0.25, 0.3) is 0 Å². The first-order valence-corrected chi connectivity index (χ1v) is 7.41. The number of benzene rings is 2. The van der Waals surface area contributed by atoms with Gasteiger partial charge >= 0.3 is 0 Å². The van der Waals surface area contributed by atoms with E-state index in [1.54, 1.807) is 0 Å². The van der Waals surface area contributed by atoms with E-state index in [0.29, 0.717) is 6.61 Å². The highest BCUT2D eigenvalue weighted by molar-refractivity contribution is 6.34. The second-order valence-electron chi connectivity index (χ2n) is 4.96. The maximum absolute atomic E-state index is 6.27. The van der Waals surface area contributed by atoms with E-state index < -0.39 is 0 Å². The summed E-state index contributed by atoms with van der Waals surface area (Å²) < 4.78 is 5.52. The Balaban J connectivity index is 2.13. The van der Waals surface area contributed by atoms with Crippen molar-refractivity contribution >= 4 is 23.0 Å². The maximum atomic E-state index is 6.27. The summed E-state index contributed by atoms with van der Waals surface area (Å²) in [7, 11) is 3.98. The van der Waals surface area contributed by atoms with E-state index >= 15 is 0 Å². The van der Waals surface area contributed by atoms with Crippen LogP contribution in [-0.2, 0) is 6.54 Å². The van der Waals surface area contributed by atoms with Crippen molar-refractivity contribution in [3.8, 4) is 5.75 Å². The third-order valence-electron chi connectivity index (χ3n) is 3.13. The molecular formula is C17H21ClN2O. The first kappa shape index (κ1) is 15.5. The number of anilines is 2. The maximum Gasteiger partial charge on any atom is 0.119 e. The van der Waals surface area contributed by atoms with Crippen molar-refractivity contribution in [2.24, 2.45) is 0 Å². The molecular weight excluding hydrogens is 284 g/mol. The highest BCUT2D eigenvalue weighted by atomic mass is 35.5. The Labute approximate surface area is 131 Å². The molecule has 0 heterocycles. The van der Waals surface area contributed by atoms with Gasteiger partial charge in [0.2, 0.25) is 0 Å². The third-order valence-corrected chi connectivity index (χ3v) is 3.43. The SMILES string of the molecule is CCOc1cccc(CNc2cccc(Cl)c2N(C)C)c1. The largest absolute Gasteiger partial charge is 0.494 e. The molecule has 4 heteroatoms. The Kier molecular flexibility index (Phi) is 5.34. The number of hydrogen-bond acceptors (Lipinski definition) is 3. The summed E-state index contributed by atoms with van der Waals surface area (Å²) in [4.78, 5) is 2.02. The van der Waals surface area contributed by atoms with Gasteiger partial charge in [-0.1, -0.05) is 29.8 Å². The van der Waals surface area contributed by atoms with E-state index in [4.69, 9.17) is 16.3 Å². The molecule has 2 aromatic carbocycles. The van der Waals surface area contributed by atoms with Gasteiger partial charge in [0.1, 0.15) is 5.75 Å². The number of nitrogens with zero attached hydrogens (tertiary/aromatic N) is 1. The van der Waals surface area contributed by atoms with Crippen LogP contribution in [0, 0.1) is 0 Å². The minimum absolute atomic E-state index is 0.677. The third kappa shape index (κ3) is 4.05. The zero-order chi connectivity index (χ0) is 15.2. The number of halogens is 1. The summed E-state index contributed by atoms with van der Waals surface area (Å²) in [6.07, 6.45) is 0. The molecule has 112 valence electrons. The Morgan fingerprint density at radius 3 is 2.62 bits per heavy atom. The minimum atomic E-state index is 0.677. The molecule has 0 spiro atoms. The highest BCUT2D eigenvalue weighted by Gasteiger charge is 2.08. The molecule has 2 rings (SSSR count). The molecule has 0 amide bonds. The van der Waals surface area contributed by atoms with Gasteiger partial charge in [-0.3, -0.25) is 0 Å². The molecule has 0 saturated carbocycles. The fraction of sp³-hybridized carbons (Fsp3) is 0.294. The number of para-hydroxylation sites is 1. The first-order chi connectivity index (χ1) is 10.1. The fourth-order valence-electron chi connectivity index (χ4n) is 2.22. The van der Waals surface area contributed by atoms with Crippen LogP contribution in [-0.4, -0.2) is 20.7 Å². The lowest BCUT2D eigenvalue weighted by Crippen LogP contribution is -2.12. The van der Waals surface area contributed by atoms with Crippen LogP contribution in [0.3, 0.4) is 0 Å². The van der Waals surface area contributed by atoms with E-state index in [1.165, 1.54) is 5.56 Å². The highest BCUT2D eigenvalue weighted by Crippen LogP contribution is 2.32. The average Bonchev–Trinajstić information content (AvgIpc) is 2.45. The summed E-state index contributed by atoms with van der Waals surface area (Å²) >= 11 is 6.27. The smallest absolute Gasteiger partial charge is 0.119 e. The summed E-state index contributed by atoms with van der Waals surface area (Å²) in [5, 5.41) is 4.18. The molecule has 21 heavy (non-hydrogen) atoms. The lowest BCUT2D eigenvalue weighted by Gasteiger charge is -2.20. The van der Waals surface area contributed by atoms with Gasteiger partial charge in [0.05, 0.1) is 23.0 Å². The number of nitrogens with one attached hydrogen (secondary N) is 1. The molecule has 0 atom stereocenters. The van der Waals surface area contributed by atoms with Crippen LogP contribution in [0.25, 0.3) is 0 Å². The van der Waals surface area contributed by atoms with Gasteiger partial charge < -0.3 is 15.0 Å². The van der Waals surface area contributed by atoms with Crippen molar-refractivity contribution in [2.45, 2.75) is 13.5 Å². The molecule has 3 nitrogen and oxygen atoms in total. The predicted octanol–water partition coefficient (Wildman–Crippen LogP) is 4.42. The van der Waals surface area contributed by atoms with Crippen molar-refractivity contribution in [3.63, 3.8) is 0 Å². The van der Waals surface area contributed by atoms with Crippen LogP contribution in [0.4, 0.5) is 11.4 Å². The van der Waals surface area contributed by atoms with Crippen molar-refractivity contribution in [2.75, 3.05) is 30.9 Å². The number of rotatable bonds is 6. The first-order valence-electron chi connectivity index (χ1n) is 7.03. The standard InChI is InChI=1S/C17H21ClN2O/c1-4-21-14-8-5-7-13(11-14)12-19-16-10-6-9-15(18)17(16)20(2)3/h5-11,19H,4,12H2,1-3H3. The summed E-state index contributed by atoms with van der Waals surface area (Å²) in [5.41, 5.74) is 3.19. The van der Waals surface area contributed by atoms with E-state index in [2.05, 4.69) is 17.4 Å². The van der Waals surface area contributed by atoms with Gasteiger partial charge in [0.15, 0.2) is 0 Å². The minimum Gasteiger partial charge on any atom is -0.494 e. The molecule has 0 aliphatic heterocycles. The van der Waals surface area contributed by atoms with Crippen LogP contribution >= 0.6 is 11.6 Å². The Bertz CT molecular complexity index is 599. The fourth-order valence-corrected chi connectivity index (χ4v) is 2.57. The molecule has 0 fully saturated rings. The second kappa shape index (κ2) is 7.23. The monoisotopic (exact) mass is 304 g/mol. The van der Waals surface area contributed by atoms with Crippen LogP contribution in [0.2, 0.25) is 5.02 Å². The molecule has 2 aromatic rings. The average molecular weight is 305 g/mol. The van der Waals surface area contributed by atoms with Crippen molar-refractivity contribution in [1.82, 2.24) is 0 Å². The summed E-state index contributed by atoms with van der Waals surface area (Å²) in [5.74, 6) is 0.899. The Morgan fingerprint density at radius 1 is 1.14 bits per heavy atom. The van der Waals surface area contributed by atoms with Crippen LogP contribution < -0.4 is 15.0 Å². The van der Waals surface area contributed by atoms with Gasteiger partial charge in [-0.2, -0.15) is 0 Å². The van der Waals surface area contributed by atoms with Gasteiger partial charge in [-0.25, -0.2) is 0 Å². The number of hydrogen-bond donors (Lipinski definition) is 1. The summed E-state index contributed by atoms with van der Waals surface area (Å²) in [6.45, 7) is 3.39. The molecule has 0 saturated heterocycles. The van der Waals surface area contributed by atoms with Crippen molar-refractivity contribution in [3.05, 3.63) is 53.1 Å². The second-order valence-corrected chi connectivity index (χ2v) is 5.37. The van der Waals surface area contributed by atoms with Gasteiger partial charge in [0, 0.05) is 20.6 Å². The summed E-state index contributed by atoms with van der Waals surface area (Å²) in [6, 6.07) is 14.0. The molecule has 0 aliphatic rings. The van der Waals surface area contributed by atoms with E-state index in [0.717, 1.165) is 28.7 Å². The van der Waals surface area contributed by atoms with E-state index in [1.807, 2.05) is 56.3 Å². The lowest BCUT2D eigenvalue weighted by molar-refractivity contribution is 0.340. The lowest BCUT2D eigenvalue weighted by atomic mass is 10.2. The topological polar surface area (TPSA) is 24.5 Å². The Hall–Kier alpha value is -1.87. The molecule has 0 bridgehead atoms. The zero-order valence-electron chi connectivity index (χ0n) is 12.7. The van der Waals surface area contributed by atoms with E-state index in [-0.39, 0.29) is 0 Å². The van der Waals surface area contributed by atoms with Crippen LogP contribution in [0.15, 0.2) is 42.5 Å². The number of ether oxygens (including phenoxy) is 1. The predicted molar refractivity (Wildman–Crippen MR) is 90.7 cm³/mol. The quantitative estimate of drug-likeness (QED) is 0.855.